The number of halogens is 2. The van der Waals surface area contributed by atoms with E-state index in [-0.39, 0.29) is 6.04 Å². The summed E-state index contributed by atoms with van der Waals surface area (Å²) in [6, 6.07) is 1.97. The fraction of sp³-hybridized carbons (Fsp3) is 0.375. The lowest BCUT2D eigenvalue weighted by atomic mass is 10.1. The highest BCUT2D eigenvalue weighted by molar-refractivity contribution is 9.10. The molecule has 0 saturated heterocycles. The minimum Gasteiger partial charge on any atom is -0.328 e. The Morgan fingerprint density at radius 3 is 3.00 bits per heavy atom. The zero-order chi connectivity index (χ0) is 9.14. The summed E-state index contributed by atoms with van der Waals surface area (Å²) in [4.78, 5) is 3.92. The van der Waals surface area contributed by atoms with Crippen molar-refractivity contribution in [3.8, 4) is 0 Å². The van der Waals surface area contributed by atoms with Crippen LogP contribution in [0.25, 0.3) is 0 Å². The van der Waals surface area contributed by atoms with E-state index in [2.05, 4.69) is 20.9 Å². The van der Waals surface area contributed by atoms with Gasteiger partial charge in [0.25, 0.3) is 0 Å². The molecule has 1 heterocycles. The molecule has 0 amide bonds. The van der Waals surface area contributed by atoms with Crippen LogP contribution in [0.3, 0.4) is 0 Å². The Morgan fingerprint density at radius 1 is 1.75 bits per heavy atom. The fourth-order valence-electron chi connectivity index (χ4n) is 0.955. The van der Waals surface area contributed by atoms with Gasteiger partial charge in [-0.2, -0.15) is 0 Å². The second-order valence-corrected chi connectivity index (χ2v) is 4.02. The van der Waals surface area contributed by atoms with Gasteiger partial charge in [0.2, 0.25) is 0 Å². The lowest BCUT2D eigenvalue weighted by Gasteiger charge is -2.06. The van der Waals surface area contributed by atoms with Crippen molar-refractivity contribution >= 4 is 27.5 Å². The highest BCUT2D eigenvalue weighted by atomic mass is 79.9. The van der Waals surface area contributed by atoms with Crippen LogP contribution >= 0.6 is 27.5 Å². The molecule has 0 saturated carbocycles. The van der Waals surface area contributed by atoms with Crippen LogP contribution in [0.2, 0.25) is 5.15 Å². The quantitative estimate of drug-likeness (QED) is 0.818. The van der Waals surface area contributed by atoms with Crippen LogP contribution in [0.4, 0.5) is 0 Å². The molecule has 0 aliphatic rings. The van der Waals surface area contributed by atoms with Gasteiger partial charge in [-0.25, -0.2) is 4.98 Å². The van der Waals surface area contributed by atoms with E-state index in [0.717, 1.165) is 16.5 Å². The summed E-state index contributed by atoms with van der Waals surface area (Å²) in [5.74, 6) is 0. The Balaban J connectivity index is 2.90. The van der Waals surface area contributed by atoms with Crippen molar-refractivity contribution in [3.05, 3.63) is 27.5 Å². The normalized spacial score (nSPS) is 13.0. The standard InChI is InChI=1S/C8H10BrClN2/c1-5(11)2-6-3-8(10)12-4-7(6)9/h3-5H,2,11H2,1H3/t5-/m0/s1. The minimum absolute atomic E-state index is 0.139. The summed E-state index contributed by atoms with van der Waals surface area (Å²) in [6.07, 6.45) is 2.50. The molecule has 1 rings (SSSR count). The van der Waals surface area contributed by atoms with E-state index in [4.69, 9.17) is 17.3 Å². The van der Waals surface area contributed by atoms with Crippen LogP contribution < -0.4 is 5.73 Å². The van der Waals surface area contributed by atoms with Gasteiger partial charge in [-0.05, 0) is 40.9 Å². The van der Waals surface area contributed by atoms with Crippen LogP contribution in [-0.4, -0.2) is 11.0 Å². The first-order valence-electron chi connectivity index (χ1n) is 3.65. The fourth-order valence-corrected chi connectivity index (χ4v) is 1.51. The summed E-state index contributed by atoms with van der Waals surface area (Å²) < 4.78 is 0.962. The van der Waals surface area contributed by atoms with Crippen LogP contribution in [0.15, 0.2) is 16.7 Å². The molecular weight excluding hydrogens is 239 g/mol. The number of rotatable bonds is 2. The van der Waals surface area contributed by atoms with Crippen molar-refractivity contribution < 1.29 is 0 Å². The molecule has 0 bridgehead atoms. The Bertz CT molecular complexity index is 276. The molecule has 0 radical (unpaired) electrons. The molecular formula is C8H10BrClN2. The molecule has 0 aromatic carbocycles. The summed E-state index contributed by atoms with van der Waals surface area (Å²) in [7, 11) is 0. The third kappa shape index (κ3) is 2.73. The molecule has 0 aliphatic carbocycles. The highest BCUT2D eigenvalue weighted by Gasteiger charge is 2.03. The van der Waals surface area contributed by atoms with E-state index in [1.165, 1.54) is 0 Å². The molecule has 1 aromatic heterocycles. The summed E-state index contributed by atoms with van der Waals surface area (Å²) in [5, 5.41) is 0.508. The van der Waals surface area contributed by atoms with Crippen LogP contribution in [0.5, 0.6) is 0 Å². The van der Waals surface area contributed by atoms with Gasteiger partial charge in [-0.1, -0.05) is 11.6 Å². The van der Waals surface area contributed by atoms with Crippen molar-refractivity contribution in [1.82, 2.24) is 4.98 Å². The van der Waals surface area contributed by atoms with Crippen LogP contribution in [-0.2, 0) is 6.42 Å². The van der Waals surface area contributed by atoms with E-state index < -0.39 is 0 Å². The number of nitrogens with zero attached hydrogens (tertiary/aromatic N) is 1. The molecule has 12 heavy (non-hydrogen) atoms. The molecule has 0 fully saturated rings. The molecule has 1 aromatic rings. The van der Waals surface area contributed by atoms with Gasteiger partial charge in [0.05, 0.1) is 0 Å². The molecule has 2 nitrogen and oxygen atoms in total. The Kier molecular flexibility index (Phi) is 3.50. The highest BCUT2D eigenvalue weighted by Crippen LogP contribution is 2.19. The SMILES string of the molecule is C[C@H](N)Cc1cc(Cl)ncc1Br. The zero-order valence-corrected chi connectivity index (χ0v) is 9.06. The predicted octanol–water partition coefficient (Wildman–Crippen LogP) is 2.39. The van der Waals surface area contributed by atoms with Gasteiger partial charge in [0, 0.05) is 16.7 Å². The van der Waals surface area contributed by atoms with Crippen molar-refractivity contribution in [2.45, 2.75) is 19.4 Å². The number of aromatic nitrogens is 1. The second kappa shape index (κ2) is 4.21. The van der Waals surface area contributed by atoms with E-state index in [9.17, 15) is 0 Å². The van der Waals surface area contributed by atoms with Crippen molar-refractivity contribution in [3.63, 3.8) is 0 Å². The summed E-state index contributed by atoms with van der Waals surface area (Å²) in [5.41, 5.74) is 6.76. The Morgan fingerprint density at radius 2 is 2.42 bits per heavy atom. The van der Waals surface area contributed by atoms with Gasteiger partial charge in [0.1, 0.15) is 5.15 Å². The molecule has 4 heteroatoms. The summed E-state index contributed by atoms with van der Waals surface area (Å²) >= 11 is 9.11. The minimum atomic E-state index is 0.139. The van der Waals surface area contributed by atoms with Crippen molar-refractivity contribution in [2.24, 2.45) is 5.73 Å². The molecule has 0 unspecified atom stereocenters. The third-order valence-corrected chi connectivity index (χ3v) is 2.36. The lowest BCUT2D eigenvalue weighted by molar-refractivity contribution is 0.735. The van der Waals surface area contributed by atoms with Crippen molar-refractivity contribution in [1.29, 1.82) is 0 Å². The number of nitrogens with two attached hydrogens (primary N) is 1. The average molecular weight is 250 g/mol. The lowest BCUT2D eigenvalue weighted by Crippen LogP contribution is -2.18. The summed E-state index contributed by atoms with van der Waals surface area (Å²) in [6.45, 7) is 1.96. The second-order valence-electron chi connectivity index (χ2n) is 2.78. The van der Waals surface area contributed by atoms with Gasteiger partial charge >= 0.3 is 0 Å². The average Bonchev–Trinajstić information content (AvgIpc) is 1.96. The number of pyridine rings is 1. The first kappa shape index (κ1) is 9.96. The van der Waals surface area contributed by atoms with Gasteiger partial charge in [0.15, 0.2) is 0 Å². The van der Waals surface area contributed by atoms with E-state index in [1.807, 2.05) is 13.0 Å². The smallest absolute Gasteiger partial charge is 0.129 e. The molecule has 66 valence electrons. The maximum Gasteiger partial charge on any atom is 0.129 e. The monoisotopic (exact) mass is 248 g/mol. The number of hydrogen-bond donors (Lipinski definition) is 1. The van der Waals surface area contributed by atoms with Crippen LogP contribution in [0.1, 0.15) is 12.5 Å². The Hall–Kier alpha value is -0.120. The first-order chi connectivity index (χ1) is 5.59. The van der Waals surface area contributed by atoms with Crippen molar-refractivity contribution in [2.75, 3.05) is 0 Å². The maximum atomic E-state index is 5.73. The van der Waals surface area contributed by atoms with Gasteiger partial charge in [-0.15, -0.1) is 0 Å². The molecule has 0 aliphatic heterocycles. The first-order valence-corrected chi connectivity index (χ1v) is 4.82. The molecule has 0 spiro atoms. The Labute approximate surface area is 85.3 Å². The van der Waals surface area contributed by atoms with Gasteiger partial charge < -0.3 is 5.73 Å². The maximum absolute atomic E-state index is 5.73. The number of hydrogen-bond acceptors (Lipinski definition) is 2. The van der Waals surface area contributed by atoms with E-state index in [0.29, 0.717) is 5.15 Å². The third-order valence-electron chi connectivity index (χ3n) is 1.44. The predicted molar refractivity (Wildman–Crippen MR) is 54.3 cm³/mol. The molecule has 2 N–H and O–H groups in total. The largest absolute Gasteiger partial charge is 0.328 e. The topological polar surface area (TPSA) is 38.9 Å². The zero-order valence-electron chi connectivity index (χ0n) is 6.72. The van der Waals surface area contributed by atoms with Gasteiger partial charge in [-0.3, -0.25) is 0 Å². The van der Waals surface area contributed by atoms with Crippen LogP contribution in [0, 0.1) is 0 Å². The van der Waals surface area contributed by atoms with E-state index >= 15 is 0 Å². The van der Waals surface area contributed by atoms with E-state index in [1.54, 1.807) is 6.20 Å². The molecule has 1 atom stereocenters.